The van der Waals surface area contributed by atoms with Gasteiger partial charge in [-0.05, 0) is 28.1 Å². The molecule has 3 nitrogen and oxygen atoms in total. The zero-order chi connectivity index (χ0) is 14.8. The van der Waals surface area contributed by atoms with Gasteiger partial charge in [-0.25, -0.2) is 0 Å². The van der Waals surface area contributed by atoms with Crippen LogP contribution >= 0.6 is 15.9 Å². The van der Waals surface area contributed by atoms with E-state index in [4.69, 9.17) is 4.74 Å². The van der Waals surface area contributed by atoms with Crippen molar-refractivity contribution >= 4 is 27.5 Å². The fourth-order valence-corrected chi connectivity index (χ4v) is 2.71. The Labute approximate surface area is 130 Å². The fourth-order valence-electron chi connectivity index (χ4n) is 2.20. The third-order valence-electron chi connectivity index (χ3n) is 3.28. The first-order valence-electron chi connectivity index (χ1n) is 6.43. The van der Waals surface area contributed by atoms with E-state index in [0.29, 0.717) is 22.4 Å². The van der Waals surface area contributed by atoms with Gasteiger partial charge in [0.1, 0.15) is 12.4 Å². The Kier molecular flexibility index (Phi) is 3.71. The minimum atomic E-state index is -0.183. The molecule has 0 fully saturated rings. The number of allylic oxidation sites excluding steroid dienone is 1. The number of ketones is 2. The first kappa shape index (κ1) is 13.8. The number of carbonyl (C=O) groups excluding carboxylic acids is 2. The van der Waals surface area contributed by atoms with Gasteiger partial charge >= 0.3 is 0 Å². The van der Waals surface area contributed by atoms with E-state index in [0.717, 1.165) is 0 Å². The quantitative estimate of drug-likeness (QED) is 0.852. The molecule has 21 heavy (non-hydrogen) atoms. The average Bonchev–Trinajstić information content (AvgIpc) is 2.54. The molecule has 0 unspecified atom stereocenters. The number of hydrogen-bond donors (Lipinski definition) is 0. The molecule has 0 atom stereocenters. The van der Waals surface area contributed by atoms with Crippen LogP contribution in [-0.4, -0.2) is 18.2 Å². The summed E-state index contributed by atoms with van der Waals surface area (Å²) in [6.07, 6.45) is 0. The normalized spacial score (nSPS) is 14.1. The number of para-hydroxylation sites is 1. The molecule has 0 aliphatic heterocycles. The molecule has 0 aromatic heterocycles. The molecule has 0 N–H and O–H groups in total. The lowest BCUT2D eigenvalue weighted by Crippen LogP contribution is -2.23. The topological polar surface area (TPSA) is 43.4 Å². The van der Waals surface area contributed by atoms with Gasteiger partial charge in [0.2, 0.25) is 5.78 Å². The van der Waals surface area contributed by atoms with Crippen LogP contribution in [0.2, 0.25) is 0 Å². The molecule has 0 saturated carbocycles. The summed E-state index contributed by atoms with van der Waals surface area (Å²) in [7, 11) is 0. The second kappa shape index (κ2) is 5.66. The van der Waals surface area contributed by atoms with Crippen LogP contribution < -0.4 is 4.74 Å². The highest BCUT2D eigenvalue weighted by Crippen LogP contribution is 2.30. The Balaban J connectivity index is 1.90. The third-order valence-corrected chi connectivity index (χ3v) is 4.12. The Bertz CT molecular complexity index is 748. The molecule has 0 spiro atoms. The molecule has 1 aliphatic rings. The summed E-state index contributed by atoms with van der Waals surface area (Å²) >= 11 is 3.23. The second-order valence-electron chi connectivity index (χ2n) is 4.60. The van der Waals surface area contributed by atoms with Crippen LogP contribution in [0.4, 0.5) is 0 Å². The third kappa shape index (κ3) is 2.54. The molecule has 2 aromatic rings. The lowest BCUT2D eigenvalue weighted by molar-refractivity contribution is 0.0972. The molecule has 3 rings (SSSR count). The molecule has 0 radical (unpaired) electrons. The molecule has 0 saturated heterocycles. The first-order valence-corrected chi connectivity index (χ1v) is 7.22. The Morgan fingerprint density at radius 2 is 1.38 bits per heavy atom. The van der Waals surface area contributed by atoms with Gasteiger partial charge in [0, 0.05) is 11.1 Å². The lowest BCUT2D eigenvalue weighted by atomic mass is 9.90. The maximum absolute atomic E-state index is 12.5. The van der Waals surface area contributed by atoms with Crippen molar-refractivity contribution in [3.63, 3.8) is 0 Å². The zero-order valence-electron chi connectivity index (χ0n) is 11.0. The smallest absolute Gasteiger partial charge is 0.201 e. The highest BCUT2D eigenvalue weighted by molar-refractivity contribution is 9.12. The van der Waals surface area contributed by atoms with Gasteiger partial charge in [0.15, 0.2) is 5.78 Å². The summed E-state index contributed by atoms with van der Waals surface area (Å²) in [5.41, 5.74) is 1.21. The van der Waals surface area contributed by atoms with E-state index in [2.05, 4.69) is 15.9 Å². The van der Waals surface area contributed by atoms with Crippen molar-refractivity contribution in [2.75, 3.05) is 6.61 Å². The van der Waals surface area contributed by atoms with E-state index >= 15 is 0 Å². The standard InChI is InChI=1S/C17H11BrO3/c18-15-14(10-21-11-6-2-1-3-7-11)16(19)12-8-4-5-9-13(12)17(15)20/h1-9H,10H2. The minimum Gasteiger partial charge on any atom is -0.489 e. The summed E-state index contributed by atoms with van der Waals surface area (Å²) in [6.45, 7) is 0.0590. The van der Waals surface area contributed by atoms with Crippen molar-refractivity contribution in [1.82, 2.24) is 0 Å². The predicted octanol–water partition coefficient (Wildman–Crippen LogP) is 3.79. The van der Waals surface area contributed by atoms with E-state index in [1.807, 2.05) is 18.2 Å². The fraction of sp³-hybridized carbons (Fsp3) is 0.0588. The summed E-state index contributed by atoms with van der Waals surface area (Å²) in [5.74, 6) is 0.300. The largest absolute Gasteiger partial charge is 0.489 e. The van der Waals surface area contributed by atoms with E-state index in [1.54, 1.807) is 36.4 Å². The van der Waals surface area contributed by atoms with E-state index < -0.39 is 0 Å². The molecular weight excluding hydrogens is 332 g/mol. The number of carbonyl (C=O) groups is 2. The van der Waals surface area contributed by atoms with Gasteiger partial charge < -0.3 is 4.74 Å². The van der Waals surface area contributed by atoms with Crippen molar-refractivity contribution < 1.29 is 14.3 Å². The molecule has 1 aliphatic carbocycles. The van der Waals surface area contributed by atoms with Crippen LogP contribution in [-0.2, 0) is 0 Å². The van der Waals surface area contributed by atoms with Crippen LogP contribution in [0.25, 0.3) is 0 Å². The minimum absolute atomic E-state index is 0.0590. The Morgan fingerprint density at radius 1 is 0.810 bits per heavy atom. The number of hydrogen-bond acceptors (Lipinski definition) is 3. The molecule has 0 bridgehead atoms. The molecule has 0 heterocycles. The van der Waals surface area contributed by atoms with Crippen LogP contribution in [0.5, 0.6) is 5.75 Å². The first-order chi connectivity index (χ1) is 10.2. The SMILES string of the molecule is O=C1C(Br)=C(COc2ccccc2)C(=O)c2ccccc21. The highest BCUT2D eigenvalue weighted by Gasteiger charge is 2.30. The molecule has 104 valence electrons. The van der Waals surface area contributed by atoms with Crippen LogP contribution in [0.15, 0.2) is 64.7 Å². The number of halogens is 1. The van der Waals surface area contributed by atoms with Crippen LogP contribution in [0.1, 0.15) is 20.7 Å². The van der Waals surface area contributed by atoms with E-state index in [1.165, 1.54) is 0 Å². The van der Waals surface area contributed by atoms with Gasteiger partial charge in [-0.1, -0.05) is 42.5 Å². The van der Waals surface area contributed by atoms with E-state index in [-0.39, 0.29) is 22.7 Å². The predicted molar refractivity (Wildman–Crippen MR) is 83.0 cm³/mol. The Hall–Kier alpha value is -2.20. The summed E-state index contributed by atoms with van der Waals surface area (Å²) in [6, 6.07) is 16.0. The highest BCUT2D eigenvalue weighted by atomic mass is 79.9. The van der Waals surface area contributed by atoms with Gasteiger partial charge in [0.05, 0.1) is 10.1 Å². The van der Waals surface area contributed by atoms with Crippen molar-refractivity contribution in [2.24, 2.45) is 0 Å². The van der Waals surface area contributed by atoms with Crippen molar-refractivity contribution in [3.8, 4) is 5.75 Å². The van der Waals surface area contributed by atoms with Crippen LogP contribution in [0.3, 0.4) is 0 Å². The molecule has 2 aromatic carbocycles. The number of benzene rings is 2. The average molecular weight is 343 g/mol. The zero-order valence-corrected chi connectivity index (χ0v) is 12.6. The molecule has 0 amide bonds. The van der Waals surface area contributed by atoms with Gasteiger partial charge in [0.25, 0.3) is 0 Å². The number of Topliss-reactive ketones (excluding diaryl/α,β-unsaturated/α-hetero) is 2. The molecule has 4 heteroatoms. The van der Waals surface area contributed by atoms with Gasteiger partial charge in [-0.2, -0.15) is 0 Å². The second-order valence-corrected chi connectivity index (χ2v) is 5.39. The summed E-state index contributed by atoms with van der Waals surface area (Å²) < 4.78 is 5.87. The Morgan fingerprint density at radius 3 is 2.05 bits per heavy atom. The summed E-state index contributed by atoms with van der Waals surface area (Å²) in [4.78, 5) is 24.7. The number of fused-ring (bicyclic) bond motifs is 1. The summed E-state index contributed by atoms with van der Waals surface area (Å²) in [5, 5.41) is 0. The maximum atomic E-state index is 12.5. The monoisotopic (exact) mass is 342 g/mol. The maximum Gasteiger partial charge on any atom is 0.201 e. The van der Waals surface area contributed by atoms with Crippen LogP contribution in [0, 0.1) is 0 Å². The van der Waals surface area contributed by atoms with Crippen molar-refractivity contribution in [3.05, 3.63) is 75.8 Å². The van der Waals surface area contributed by atoms with Crippen molar-refractivity contribution in [1.29, 1.82) is 0 Å². The number of rotatable bonds is 3. The molecular formula is C17H11BrO3. The van der Waals surface area contributed by atoms with Gasteiger partial charge in [-0.3, -0.25) is 9.59 Å². The van der Waals surface area contributed by atoms with Crippen molar-refractivity contribution in [2.45, 2.75) is 0 Å². The lowest BCUT2D eigenvalue weighted by Gasteiger charge is -2.18. The van der Waals surface area contributed by atoms with Gasteiger partial charge in [-0.15, -0.1) is 0 Å². The van der Waals surface area contributed by atoms with E-state index in [9.17, 15) is 9.59 Å². The number of ether oxygens (including phenoxy) is 1.